The van der Waals surface area contributed by atoms with Crippen molar-refractivity contribution in [1.29, 1.82) is 0 Å². The number of anilines is 1. The van der Waals surface area contributed by atoms with Crippen molar-refractivity contribution < 1.29 is 27.2 Å². The number of halogens is 4. The predicted octanol–water partition coefficient (Wildman–Crippen LogP) is 2.82. The van der Waals surface area contributed by atoms with Crippen LogP contribution in [0.25, 0.3) is 5.65 Å². The fraction of sp³-hybridized carbons (Fsp3) is 0.300. The van der Waals surface area contributed by atoms with Gasteiger partial charge in [-0.2, -0.15) is 18.2 Å². The maximum absolute atomic E-state index is 14.3. The standard InChI is InChI=1S/C20H15F4N5O2/c21-14-8-19(14)10-28(17(31)12-5-4-11(7-13(12)19)20(22,23)24)9-16(30)26-18-25-15-3-1-2-6-29(15)27-18/h1-7,14H,8-10H2,(H,26,27,30)/t14-,19+/m1/s1. The molecule has 1 aromatic carbocycles. The number of nitrogens with one attached hydrogen (secondary N) is 1. The van der Waals surface area contributed by atoms with Crippen LogP contribution in [0.2, 0.25) is 0 Å². The zero-order valence-corrected chi connectivity index (χ0v) is 15.9. The van der Waals surface area contributed by atoms with E-state index in [0.717, 1.165) is 23.1 Å². The molecule has 3 aromatic rings. The minimum absolute atomic E-state index is 0.000695. The number of fused-ring (bicyclic) bond motifs is 3. The van der Waals surface area contributed by atoms with E-state index in [2.05, 4.69) is 15.4 Å². The maximum atomic E-state index is 14.3. The monoisotopic (exact) mass is 433 g/mol. The molecule has 5 rings (SSSR count). The third-order valence-corrected chi connectivity index (χ3v) is 5.68. The lowest BCUT2D eigenvalue weighted by molar-refractivity contribution is -0.137. The minimum atomic E-state index is -4.60. The molecule has 7 nitrogen and oxygen atoms in total. The van der Waals surface area contributed by atoms with Crippen molar-refractivity contribution in [3.05, 3.63) is 59.3 Å². The number of rotatable bonds is 3. The van der Waals surface area contributed by atoms with Gasteiger partial charge in [-0.15, -0.1) is 5.10 Å². The van der Waals surface area contributed by atoms with Crippen LogP contribution in [0.3, 0.4) is 0 Å². The zero-order valence-electron chi connectivity index (χ0n) is 15.9. The first kappa shape index (κ1) is 19.5. The van der Waals surface area contributed by atoms with Gasteiger partial charge in [0, 0.05) is 23.7 Å². The van der Waals surface area contributed by atoms with Gasteiger partial charge < -0.3 is 4.90 Å². The Morgan fingerprint density at radius 2 is 2.03 bits per heavy atom. The summed E-state index contributed by atoms with van der Waals surface area (Å²) in [5.41, 5.74) is -1.59. The summed E-state index contributed by atoms with van der Waals surface area (Å²) in [5, 5.41) is 6.58. The van der Waals surface area contributed by atoms with Crippen LogP contribution in [0.5, 0.6) is 0 Å². The summed E-state index contributed by atoms with van der Waals surface area (Å²) in [6, 6.07) is 7.90. The Morgan fingerprint density at radius 1 is 1.26 bits per heavy atom. The second-order valence-electron chi connectivity index (χ2n) is 7.73. The fourth-order valence-corrected chi connectivity index (χ4v) is 4.04. The zero-order chi connectivity index (χ0) is 22.0. The largest absolute Gasteiger partial charge is 0.416 e. The third-order valence-electron chi connectivity index (χ3n) is 5.68. The quantitative estimate of drug-likeness (QED) is 0.645. The van der Waals surface area contributed by atoms with Gasteiger partial charge in [-0.05, 0) is 42.3 Å². The van der Waals surface area contributed by atoms with Crippen LogP contribution in [0.1, 0.15) is 27.9 Å². The molecule has 1 fully saturated rings. The number of amides is 2. The summed E-state index contributed by atoms with van der Waals surface area (Å²) in [7, 11) is 0. The van der Waals surface area contributed by atoms with Crippen LogP contribution in [0.4, 0.5) is 23.5 Å². The smallest absolute Gasteiger partial charge is 0.328 e. The molecule has 3 heterocycles. The molecule has 1 spiro atoms. The molecular weight excluding hydrogens is 418 g/mol. The first-order valence-corrected chi connectivity index (χ1v) is 9.44. The highest BCUT2D eigenvalue weighted by Crippen LogP contribution is 2.55. The Balaban J connectivity index is 1.38. The maximum Gasteiger partial charge on any atom is 0.416 e. The molecule has 1 saturated carbocycles. The van der Waals surface area contributed by atoms with Gasteiger partial charge in [0.15, 0.2) is 5.65 Å². The van der Waals surface area contributed by atoms with Crippen LogP contribution >= 0.6 is 0 Å². The normalized spacial score (nSPS) is 22.6. The molecule has 0 bridgehead atoms. The Kier molecular flexibility index (Phi) is 4.08. The van der Waals surface area contributed by atoms with Gasteiger partial charge >= 0.3 is 6.18 Å². The van der Waals surface area contributed by atoms with E-state index in [9.17, 15) is 27.2 Å². The molecule has 11 heteroatoms. The van der Waals surface area contributed by atoms with E-state index in [1.54, 1.807) is 24.4 Å². The van der Waals surface area contributed by atoms with Crippen LogP contribution in [0.15, 0.2) is 42.6 Å². The number of carbonyl (C=O) groups excluding carboxylic acids is 2. The Labute approximate surface area is 172 Å². The van der Waals surface area contributed by atoms with Gasteiger partial charge in [0.25, 0.3) is 5.91 Å². The Bertz CT molecular complexity index is 1190. The van der Waals surface area contributed by atoms with Crippen molar-refractivity contribution in [2.45, 2.75) is 24.2 Å². The molecule has 0 radical (unpaired) electrons. The molecule has 1 N–H and O–H groups in total. The molecule has 31 heavy (non-hydrogen) atoms. The number of nitrogens with zero attached hydrogens (tertiary/aromatic N) is 4. The topological polar surface area (TPSA) is 79.6 Å². The van der Waals surface area contributed by atoms with Crippen molar-refractivity contribution in [3.8, 4) is 0 Å². The SMILES string of the molecule is O=C(CN1C[C@@]2(C[C@H]2F)c2cc(C(F)(F)F)ccc2C1=O)Nc1nc2ccccn2n1. The van der Waals surface area contributed by atoms with Crippen molar-refractivity contribution in [2.24, 2.45) is 0 Å². The van der Waals surface area contributed by atoms with E-state index < -0.39 is 41.7 Å². The summed E-state index contributed by atoms with van der Waals surface area (Å²) < 4.78 is 55.1. The predicted molar refractivity (Wildman–Crippen MR) is 100 cm³/mol. The van der Waals surface area contributed by atoms with Gasteiger partial charge in [-0.1, -0.05) is 6.07 Å². The average molecular weight is 433 g/mol. The molecular formula is C20H15F4N5O2. The van der Waals surface area contributed by atoms with E-state index in [-0.39, 0.29) is 30.0 Å². The van der Waals surface area contributed by atoms with Crippen LogP contribution in [-0.4, -0.2) is 50.6 Å². The van der Waals surface area contributed by atoms with Crippen LogP contribution < -0.4 is 5.32 Å². The second-order valence-corrected chi connectivity index (χ2v) is 7.73. The van der Waals surface area contributed by atoms with Crippen molar-refractivity contribution in [3.63, 3.8) is 0 Å². The number of hydrogen-bond donors (Lipinski definition) is 1. The molecule has 160 valence electrons. The molecule has 1 aliphatic heterocycles. The lowest BCUT2D eigenvalue weighted by atomic mass is 9.85. The average Bonchev–Trinajstić information content (AvgIpc) is 3.16. The first-order valence-electron chi connectivity index (χ1n) is 9.44. The third kappa shape index (κ3) is 3.20. The highest BCUT2D eigenvalue weighted by molar-refractivity contribution is 6.01. The molecule has 2 aliphatic rings. The van der Waals surface area contributed by atoms with Crippen LogP contribution in [0, 0.1) is 0 Å². The van der Waals surface area contributed by atoms with E-state index in [4.69, 9.17) is 0 Å². The van der Waals surface area contributed by atoms with E-state index >= 15 is 0 Å². The van der Waals surface area contributed by atoms with Crippen molar-refractivity contribution in [2.75, 3.05) is 18.4 Å². The lowest BCUT2D eigenvalue weighted by Crippen LogP contribution is -2.47. The summed E-state index contributed by atoms with van der Waals surface area (Å²) >= 11 is 0. The summed E-state index contributed by atoms with van der Waals surface area (Å²) in [6.45, 7) is -0.573. The van der Waals surface area contributed by atoms with Crippen molar-refractivity contribution >= 4 is 23.4 Å². The first-order chi connectivity index (χ1) is 14.7. The fourth-order valence-electron chi connectivity index (χ4n) is 4.04. The molecule has 2 aromatic heterocycles. The highest BCUT2D eigenvalue weighted by Gasteiger charge is 2.61. The summed E-state index contributed by atoms with van der Waals surface area (Å²) in [6.07, 6.45) is -4.33. The molecule has 0 unspecified atom stereocenters. The second kappa shape index (κ2) is 6.50. The van der Waals surface area contributed by atoms with Gasteiger partial charge in [0.05, 0.1) is 5.56 Å². The van der Waals surface area contributed by atoms with E-state index in [1.807, 2.05) is 0 Å². The molecule has 2 atom stereocenters. The van der Waals surface area contributed by atoms with Gasteiger partial charge in [-0.3, -0.25) is 14.9 Å². The Morgan fingerprint density at radius 3 is 2.71 bits per heavy atom. The van der Waals surface area contributed by atoms with Gasteiger partial charge in [0.2, 0.25) is 11.9 Å². The molecule has 1 aliphatic carbocycles. The lowest BCUT2D eigenvalue weighted by Gasteiger charge is -2.34. The van der Waals surface area contributed by atoms with Crippen molar-refractivity contribution in [1.82, 2.24) is 19.5 Å². The minimum Gasteiger partial charge on any atom is -0.328 e. The number of carbonyl (C=O) groups is 2. The highest BCUT2D eigenvalue weighted by atomic mass is 19.4. The summed E-state index contributed by atoms with van der Waals surface area (Å²) in [4.78, 5) is 30.6. The number of hydrogen-bond acceptors (Lipinski definition) is 4. The van der Waals surface area contributed by atoms with E-state index in [0.29, 0.717) is 5.65 Å². The van der Waals surface area contributed by atoms with Gasteiger partial charge in [0.1, 0.15) is 12.7 Å². The molecule has 2 amide bonds. The summed E-state index contributed by atoms with van der Waals surface area (Å²) in [5.74, 6) is -1.17. The molecule has 0 saturated heterocycles. The van der Waals surface area contributed by atoms with Gasteiger partial charge in [-0.25, -0.2) is 8.91 Å². The number of pyridine rings is 1. The number of benzene rings is 1. The van der Waals surface area contributed by atoms with Crippen LogP contribution in [-0.2, 0) is 16.4 Å². The number of aromatic nitrogens is 3. The van der Waals surface area contributed by atoms with E-state index in [1.165, 1.54) is 4.52 Å². The Hall–Kier alpha value is -3.50. The number of alkyl halides is 4.